The molecule has 0 amide bonds. The second kappa shape index (κ2) is 7.02. The summed E-state index contributed by atoms with van der Waals surface area (Å²) >= 11 is 0. The quantitative estimate of drug-likeness (QED) is 0.835. The lowest BCUT2D eigenvalue weighted by Crippen LogP contribution is -2.44. The third kappa shape index (κ3) is 3.66. The van der Waals surface area contributed by atoms with Crippen molar-refractivity contribution in [3.05, 3.63) is 71.0 Å². The van der Waals surface area contributed by atoms with Gasteiger partial charge in [-0.3, -0.25) is 4.79 Å². The summed E-state index contributed by atoms with van der Waals surface area (Å²) in [5, 5.41) is 13.7. The summed E-state index contributed by atoms with van der Waals surface area (Å²) in [7, 11) is 0. The zero-order chi connectivity index (χ0) is 16.2. The van der Waals surface area contributed by atoms with Gasteiger partial charge in [-0.25, -0.2) is 4.39 Å². The summed E-state index contributed by atoms with van der Waals surface area (Å²) in [5.74, 6) is -0.768. The van der Waals surface area contributed by atoms with Crippen LogP contribution in [0.4, 0.5) is 4.39 Å². The molecule has 23 heavy (non-hydrogen) atoms. The van der Waals surface area contributed by atoms with Crippen molar-refractivity contribution in [3.63, 3.8) is 0 Å². The lowest BCUT2D eigenvalue weighted by Gasteiger charge is -2.29. The summed E-state index contributed by atoms with van der Waals surface area (Å²) in [6, 6.07) is 14.0. The maximum Gasteiger partial charge on any atom is 0.165 e. The third-order valence-electron chi connectivity index (χ3n) is 4.42. The standard InChI is InChI=1S/C19H20FNO2/c20-16-8-4-3-7-15(16)18(22)9-10-19(23)17-11-13-5-1-2-6-14(13)12-21-17/h1-8,17,19,21,23H,9-12H2/t17-,19+/m0/s1. The van der Waals surface area contributed by atoms with Gasteiger partial charge in [0.15, 0.2) is 5.78 Å². The molecule has 2 N–H and O–H groups in total. The van der Waals surface area contributed by atoms with Gasteiger partial charge in [-0.15, -0.1) is 0 Å². The first kappa shape index (κ1) is 15.8. The van der Waals surface area contributed by atoms with E-state index >= 15 is 0 Å². The van der Waals surface area contributed by atoms with Gasteiger partial charge in [0.05, 0.1) is 11.7 Å². The van der Waals surface area contributed by atoms with E-state index in [1.165, 1.54) is 23.3 Å². The van der Waals surface area contributed by atoms with Crippen LogP contribution in [-0.2, 0) is 13.0 Å². The summed E-state index contributed by atoms with van der Waals surface area (Å²) in [6.07, 6.45) is 0.583. The molecule has 0 radical (unpaired) electrons. The highest BCUT2D eigenvalue weighted by molar-refractivity contribution is 5.96. The van der Waals surface area contributed by atoms with Gasteiger partial charge in [-0.1, -0.05) is 36.4 Å². The minimum atomic E-state index is -0.626. The average molecular weight is 313 g/mol. The molecule has 0 aromatic heterocycles. The molecule has 1 aliphatic heterocycles. The second-order valence-corrected chi connectivity index (χ2v) is 5.97. The van der Waals surface area contributed by atoms with E-state index in [9.17, 15) is 14.3 Å². The smallest absolute Gasteiger partial charge is 0.165 e. The van der Waals surface area contributed by atoms with Gasteiger partial charge >= 0.3 is 0 Å². The predicted molar refractivity (Wildman–Crippen MR) is 86.7 cm³/mol. The molecule has 2 aromatic rings. The van der Waals surface area contributed by atoms with Crippen molar-refractivity contribution in [2.75, 3.05) is 0 Å². The molecular weight excluding hydrogens is 293 g/mol. The van der Waals surface area contributed by atoms with E-state index in [4.69, 9.17) is 0 Å². The number of aliphatic hydroxyl groups excluding tert-OH is 1. The Kier molecular flexibility index (Phi) is 4.84. The van der Waals surface area contributed by atoms with Crippen LogP contribution >= 0.6 is 0 Å². The molecule has 1 aliphatic rings. The van der Waals surface area contributed by atoms with Crippen molar-refractivity contribution in [2.24, 2.45) is 0 Å². The number of benzene rings is 2. The van der Waals surface area contributed by atoms with Crippen molar-refractivity contribution >= 4 is 5.78 Å². The van der Waals surface area contributed by atoms with Crippen molar-refractivity contribution in [1.82, 2.24) is 5.32 Å². The molecule has 0 saturated carbocycles. The van der Waals surface area contributed by atoms with Crippen molar-refractivity contribution in [2.45, 2.75) is 38.0 Å². The monoisotopic (exact) mass is 313 g/mol. The number of Topliss-reactive ketones (excluding diaryl/α,β-unsaturated/α-hetero) is 1. The van der Waals surface area contributed by atoms with Gasteiger partial charge in [0.25, 0.3) is 0 Å². The van der Waals surface area contributed by atoms with E-state index in [0.29, 0.717) is 6.42 Å². The molecule has 2 aromatic carbocycles. The number of halogens is 1. The lowest BCUT2D eigenvalue weighted by atomic mass is 9.91. The fourth-order valence-electron chi connectivity index (χ4n) is 3.05. The number of carbonyl (C=O) groups excluding carboxylic acids is 1. The number of fused-ring (bicyclic) bond motifs is 1. The number of ketones is 1. The topological polar surface area (TPSA) is 49.3 Å². The molecule has 1 heterocycles. The highest BCUT2D eigenvalue weighted by Gasteiger charge is 2.25. The number of hydrogen-bond acceptors (Lipinski definition) is 3. The van der Waals surface area contributed by atoms with Crippen molar-refractivity contribution in [3.8, 4) is 0 Å². The van der Waals surface area contributed by atoms with E-state index < -0.39 is 11.9 Å². The third-order valence-corrected chi connectivity index (χ3v) is 4.42. The van der Waals surface area contributed by atoms with E-state index in [-0.39, 0.29) is 23.8 Å². The van der Waals surface area contributed by atoms with Crippen LogP contribution in [0.2, 0.25) is 0 Å². The molecule has 3 nitrogen and oxygen atoms in total. The number of carbonyl (C=O) groups is 1. The maximum atomic E-state index is 13.6. The van der Waals surface area contributed by atoms with Crippen LogP contribution in [0.25, 0.3) is 0 Å². The van der Waals surface area contributed by atoms with Crippen LogP contribution in [0.1, 0.15) is 34.3 Å². The molecule has 4 heteroatoms. The number of nitrogens with one attached hydrogen (secondary N) is 1. The number of aliphatic hydroxyl groups is 1. The molecule has 0 bridgehead atoms. The number of hydrogen-bond donors (Lipinski definition) is 2. The van der Waals surface area contributed by atoms with E-state index in [2.05, 4.69) is 17.4 Å². The first-order valence-corrected chi connectivity index (χ1v) is 7.91. The fourth-order valence-corrected chi connectivity index (χ4v) is 3.05. The largest absolute Gasteiger partial charge is 0.391 e. The van der Waals surface area contributed by atoms with Gasteiger partial charge in [0, 0.05) is 19.0 Å². The summed E-state index contributed by atoms with van der Waals surface area (Å²) in [4.78, 5) is 12.1. The predicted octanol–water partition coefficient (Wildman–Crippen LogP) is 2.86. The summed E-state index contributed by atoms with van der Waals surface area (Å²) < 4.78 is 13.6. The Bertz CT molecular complexity index is 701. The van der Waals surface area contributed by atoms with E-state index in [1.807, 2.05) is 12.1 Å². The fraction of sp³-hybridized carbons (Fsp3) is 0.316. The van der Waals surface area contributed by atoms with Gasteiger partial charge in [-0.2, -0.15) is 0 Å². The Morgan fingerprint density at radius 1 is 1.17 bits per heavy atom. The molecule has 0 spiro atoms. The van der Waals surface area contributed by atoms with Crippen LogP contribution in [0, 0.1) is 5.82 Å². The van der Waals surface area contributed by atoms with Crippen LogP contribution in [0.15, 0.2) is 48.5 Å². The van der Waals surface area contributed by atoms with Crippen LogP contribution in [-0.4, -0.2) is 23.0 Å². The van der Waals surface area contributed by atoms with E-state index in [1.54, 1.807) is 12.1 Å². The Hall–Kier alpha value is -2.04. The molecule has 2 atom stereocenters. The highest BCUT2D eigenvalue weighted by atomic mass is 19.1. The zero-order valence-electron chi connectivity index (χ0n) is 12.8. The second-order valence-electron chi connectivity index (χ2n) is 5.97. The summed E-state index contributed by atoms with van der Waals surface area (Å²) in [5.41, 5.74) is 2.58. The Labute approximate surface area is 135 Å². The highest BCUT2D eigenvalue weighted by Crippen LogP contribution is 2.20. The molecular formula is C19H20FNO2. The zero-order valence-corrected chi connectivity index (χ0v) is 12.8. The maximum absolute atomic E-state index is 13.6. The molecule has 0 aliphatic carbocycles. The molecule has 120 valence electrons. The van der Waals surface area contributed by atoms with Crippen LogP contribution in [0.3, 0.4) is 0 Å². The van der Waals surface area contributed by atoms with Crippen molar-refractivity contribution < 1.29 is 14.3 Å². The van der Waals surface area contributed by atoms with Gasteiger partial charge < -0.3 is 10.4 Å². The first-order chi connectivity index (χ1) is 11.1. The molecule has 0 saturated heterocycles. The molecule has 3 rings (SSSR count). The molecule has 0 unspecified atom stereocenters. The van der Waals surface area contributed by atoms with Crippen LogP contribution < -0.4 is 5.32 Å². The Balaban J connectivity index is 1.57. The number of rotatable bonds is 5. The van der Waals surface area contributed by atoms with Crippen LogP contribution in [0.5, 0.6) is 0 Å². The minimum absolute atomic E-state index is 0.0710. The Morgan fingerprint density at radius 2 is 1.87 bits per heavy atom. The normalized spacial score (nSPS) is 18.3. The van der Waals surface area contributed by atoms with Gasteiger partial charge in [0.2, 0.25) is 0 Å². The molecule has 0 fully saturated rings. The summed E-state index contributed by atoms with van der Waals surface area (Å²) in [6.45, 7) is 0.721. The van der Waals surface area contributed by atoms with Gasteiger partial charge in [0.1, 0.15) is 5.82 Å². The minimum Gasteiger partial charge on any atom is -0.391 e. The first-order valence-electron chi connectivity index (χ1n) is 7.91. The average Bonchev–Trinajstić information content (AvgIpc) is 2.59. The van der Waals surface area contributed by atoms with Crippen molar-refractivity contribution in [1.29, 1.82) is 0 Å². The SMILES string of the molecule is O=C(CC[C@@H](O)[C@@H]1Cc2ccccc2CN1)c1ccccc1F. The lowest BCUT2D eigenvalue weighted by molar-refractivity contribution is 0.0874. The van der Waals surface area contributed by atoms with Gasteiger partial charge in [-0.05, 0) is 36.1 Å². The Morgan fingerprint density at radius 3 is 2.65 bits per heavy atom. The van der Waals surface area contributed by atoms with E-state index in [0.717, 1.165) is 13.0 Å².